The minimum absolute atomic E-state index is 0.0982. The highest BCUT2D eigenvalue weighted by molar-refractivity contribution is 6.33. The molecule has 2 atom stereocenters. The first-order valence-electron chi connectivity index (χ1n) is 20.5. The van der Waals surface area contributed by atoms with E-state index < -0.39 is 11.9 Å². The Labute approximate surface area is 349 Å². The smallest absolute Gasteiger partial charge is 0.275 e. The molecule has 1 aliphatic carbocycles. The number of imide groups is 1. The fourth-order valence-corrected chi connectivity index (χ4v) is 10.2. The lowest BCUT2D eigenvalue weighted by molar-refractivity contribution is -0.164. The van der Waals surface area contributed by atoms with E-state index in [4.69, 9.17) is 22.9 Å². The molecule has 3 aliphatic heterocycles. The Hall–Kier alpha value is -5.45. The van der Waals surface area contributed by atoms with Crippen LogP contribution in [0.1, 0.15) is 69.8 Å². The monoisotopic (exact) mass is 818 g/mol. The van der Waals surface area contributed by atoms with Crippen molar-refractivity contribution in [3.05, 3.63) is 99.2 Å². The number of fused-ring (bicyclic) bond motifs is 1. The first-order valence-corrected chi connectivity index (χ1v) is 20.9. The number of halogens is 1. The van der Waals surface area contributed by atoms with Crippen molar-refractivity contribution in [3.63, 3.8) is 0 Å². The Balaban J connectivity index is 0.790. The summed E-state index contributed by atoms with van der Waals surface area (Å²) in [6.45, 7) is 22.4. The molecule has 308 valence electrons. The normalized spacial score (nSPS) is 24.0. The van der Waals surface area contributed by atoms with Gasteiger partial charge in [0, 0.05) is 84.9 Å². The van der Waals surface area contributed by atoms with Crippen molar-refractivity contribution in [3.8, 4) is 5.75 Å². The highest BCUT2D eigenvalue weighted by atomic mass is 35.5. The zero-order valence-corrected chi connectivity index (χ0v) is 34.8. The first kappa shape index (κ1) is 40.3. The molecule has 1 saturated carbocycles. The average Bonchev–Trinajstić information content (AvgIpc) is 3.71. The Kier molecular flexibility index (Phi) is 10.9. The van der Waals surface area contributed by atoms with Crippen LogP contribution in [-0.2, 0) is 9.59 Å². The number of piperazine rings is 1. The molecule has 14 heteroatoms. The van der Waals surface area contributed by atoms with E-state index in [2.05, 4.69) is 75.1 Å². The van der Waals surface area contributed by atoms with Crippen LogP contribution in [0, 0.1) is 23.3 Å². The van der Waals surface area contributed by atoms with Gasteiger partial charge in [-0.15, -0.1) is 0 Å². The molecule has 4 aromatic rings. The number of carbonyl (C=O) groups excluding carboxylic acids is 3. The standard InChI is InChI=1S/C45H51ClN8O5/c1-44(2)42(45(3,4)43(44)59-33-11-13-36(47-5)35(46)25-33)50-39(56)29-6-8-31(9-7-29)53-19-17-28(27-53)16-18-51-20-22-52(23-21-51)32-10-12-34-30(24-32)26-48-54(41(34)58)37-14-15-38(55)49-40(37)57/h6-13,24-26,28,37,42-43H,14-23,27H2,1-4H3,(H,50,56)(H,49,55,57)/t28?,37-,42?,43?/m1/s1. The molecule has 0 bridgehead atoms. The zero-order chi connectivity index (χ0) is 41.6. The molecule has 2 N–H and O–H groups in total. The number of nitrogens with one attached hydrogen (secondary N) is 2. The molecule has 0 radical (unpaired) electrons. The van der Waals surface area contributed by atoms with Gasteiger partial charge in [-0.25, -0.2) is 9.53 Å². The van der Waals surface area contributed by atoms with Crippen molar-refractivity contribution in [2.75, 3.05) is 55.6 Å². The van der Waals surface area contributed by atoms with Crippen molar-refractivity contribution in [2.45, 2.75) is 71.6 Å². The number of benzene rings is 3. The van der Waals surface area contributed by atoms with Gasteiger partial charge >= 0.3 is 0 Å². The highest BCUT2D eigenvalue weighted by Crippen LogP contribution is 2.55. The number of rotatable bonds is 10. The number of ether oxygens (including phenoxy) is 1. The maximum atomic E-state index is 13.5. The van der Waals surface area contributed by atoms with Gasteiger partial charge in [0.1, 0.15) is 17.9 Å². The molecule has 13 nitrogen and oxygen atoms in total. The van der Waals surface area contributed by atoms with E-state index in [0.717, 1.165) is 75.4 Å². The van der Waals surface area contributed by atoms with Gasteiger partial charge in [-0.1, -0.05) is 45.4 Å². The molecule has 1 aromatic heterocycles. The molecule has 3 aromatic carbocycles. The third-order valence-electron chi connectivity index (χ3n) is 13.1. The molecule has 8 rings (SSSR count). The van der Waals surface area contributed by atoms with Gasteiger partial charge in [-0.05, 0) is 86.3 Å². The van der Waals surface area contributed by atoms with Crippen LogP contribution in [0.3, 0.4) is 0 Å². The molecule has 0 spiro atoms. The Bertz CT molecular complexity index is 2370. The molecular weight excluding hydrogens is 768 g/mol. The SMILES string of the molecule is [C-]#[N+]c1ccc(OC2C(C)(C)C(NC(=O)c3ccc(N4CCC(CCN5CCN(c6ccc7c(=O)n([C@@H]8CCC(=O)NC8=O)ncc7c6)CC5)C4)cc3)C2(C)C)cc1Cl. The second kappa shape index (κ2) is 16.0. The van der Waals surface area contributed by atoms with E-state index in [0.29, 0.717) is 33.3 Å². The summed E-state index contributed by atoms with van der Waals surface area (Å²) >= 11 is 6.27. The van der Waals surface area contributed by atoms with Gasteiger partial charge in [0.2, 0.25) is 11.6 Å². The third kappa shape index (κ3) is 7.88. The summed E-state index contributed by atoms with van der Waals surface area (Å²) in [5.41, 5.74) is 2.21. The van der Waals surface area contributed by atoms with Crippen molar-refractivity contribution in [1.82, 2.24) is 25.3 Å². The van der Waals surface area contributed by atoms with Crippen LogP contribution in [0.2, 0.25) is 5.02 Å². The number of hydrogen-bond donors (Lipinski definition) is 2. The van der Waals surface area contributed by atoms with E-state index in [1.165, 1.54) is 4.68 Å². The predicted octanol–water partition coefficient (Wildman–Crippen LogP) is 6.23. The molecule has 59 heavy (non-hydrogen) atoms. The van der Waals surface area contributed by atoms with Crippen molar-refractivity contribution >= 4 is 57.2 Å². The molecule has 4 aliphatic rings. The van der Waals surface area contributed by atoms with Gasteiger partial charge in [0.25, 0.3) is 17.4 Å². The van der Waals surface area contributed by atoms with E-state index in [9.17, 15) is 19.2 Å². The molecule has 4 fully saturated rings. The highest BCUT2D eigenvalue weighted by Gasteiger charge is 2.64. The summed E-state index contributed by atoms with van der Waals surface area (Å²) in [4.78, 5) is 61.4. The molecule has 4 heterocycles. The number of anilines is 2. The number of nitrogens with zero attached hydrogens (tertiary/aromatic N) is 6. The van der Waals surface area contributed by atoms with Crippen LogP contribution in [0.4, 0.5) is 17.1 Å². The second-order valence-electron chi connectivity index (χ2n) is 17.7. The minimum Gasteiger partial charge on any atom is -0.489 e. The van der Waals surface area contributed by atoms with Crippen molar-refractivity contribution in [1.29, 1.82) is 0 Å². The number of carbonyl (C=O) groups is 3. The molecule has 3 amide bonds. The van der Waals surface area contributed by atoms with E-state index in [-0.39, 0.29) is 53.2 Å². The average molecular weight is 819 g/mol. The third-order valence-corrected chi connectivity index (χ3v) is 13.4. The number of aromatic nitrogens is 2. The molecule has 3 saturated heterocycles. The van der Waals surface area contributed by atoms with E-state index in [1.807, 2.05) is 30.3 Å². The summed E-state index contributed by atoms with van der Waals surface area (Å²) in [7, 11) is 0. The van der Waals surface area contributed by atoms with Gasteiger partial charge < -0.3 is 19.9 Å². The second-order valence-corrected chi connectivity index (χ2v) is 18.1. The molecule has 1 unspecified atom stereocenters. The summed E-state index contributed by atoms with van der Waals surface area (Å²) in [5.74, 6) is 0.306. The van der Waals surface area contributed by atoms with Crippen molar-refractivity contribution in [2.24, 2.45) is 16.7 Å². The number of hydrogen-bond acceptors (Lipinski definition) is 9. The van der Waals surface area contributed by atoms with Crippen LogP contribution in [0.15, 0.2) is 71.7 Å². The fourth-order valence-electron chi connectivity index (χ4n) is 10.0. The van der Waals surface area contributed by atoms with Crippen LogP contribution in [0.5, 0.6) is 5.75 Å². The van der Waals surface area contributed by atoms with E-state index in [1.54, 1.807) is 24.4 Å². The van der Waals surface area contributed by atoms with Gasteiger partial charge in [-0.2, -0.15) is 5.10 Å². The van der Waals surface area contributed by atoms with E-state index >= 15 is 0 Å². The zero-order valence-electron chi connectivity index (χ0n) is 34.0. The van der Waals surface area contributed by atoms with Crippen molar-refractivity contribution < 1.29 is 19.1 Å². The fraction of sp³-hybridized carbons (Fsp3) is 0.467. The lowest BCUT2D eigenvalue weighted by Gasteiger charge is -2.63. The largest absolute Gasteiger partial charge is 0.489 e. The Morgan fingerprint density at radius 3 is 2.36 bits per heavy atom. The van der Waals surface area contributed by atoms with Gasteiger partial charge in [0.05, 0.1) is 23.2 Å². The predicted molar refractivity (Wildman–Crippen MR) is 228 cm³/mol. The van der Waals surface area contributed by atoms with Crippen LogP contribution >= 0.6 is 11.6 Å². The van der Waals surface area contributed by atoms with Gasteiger partial charge in [0.15, 0.2) is 0 Å². The maximum absolute atomic E-state index is 13.5. The lowest BCUT2D eigenvalue weighted by atomic mass is 9.49. The lowest BCUT2D eigenvalue weighted by Crippen LogP contribution is -2.74. The van der Waals surface area contributed by atoms with Crippen LogP contribution in [-0.4, -0.2) is 90.4 Å². The maximum Gasteiger partial charge on any atom is 0.275 e. The molecular formula is C45H51ClN8O5. The summed E-state index contributed by atoms with van der Waals surface area (Å²) in [6.07, 6.45) is 4.19. The quantitative estimate of drug-likeness (QED) is 0.141. The Morgan fingerprint density at radius 1 is 0.932 bits per heavy atom. The van der Waals surface area contributed by atoms with Crippen LogP contribution in [0.25, 0.3) is 15.6 Å². The summed E-state index contributed by atoms with van der Waals surface area (Å²) in [5, 5.41) is 11.5. The number of amides is 3. The summed E-state index contributed by atoms with van der Waals surface area (Å²) < 4.78 is 7.60. The Morgan fingerprint density at radius 2 is 1.66 bits per heavy atom. The first-order chi connectivity index (χ1) is 28.2. The number of piperidine rings is 1. The topological polar surface area (TPSA) is 133 Å². The van der Waals surface area contributed by atoms with Gasteiger partial charge in [-0.3, -0.25) is 29.4 Å². The minimum atomic E-state index is -0.781. The van der Waals surface area contributed by atoms with Crippen LogP contribution < -0.4 is 30.7 Å². The summed E-state index contributed by atoms with van der Waals surface area (Å²) in [6, 6.07) is 18.0.